The molecule has 0 fully saturated rings. The monoisotopic (exact) mass is 291 g/mol. The van der Waals surface area contributed by atoms with Crippen LogP contribution >= 0.6 is 15.9 Å². The number of rotatable bonds is 7. The van der Waals surface area contributed by atoms with Crippen LogP contribution in [0.5, 0.6) is 5.75 Å². The Balaban J connectivity index is 2.21. The maximum atomic E-state index is 12.8. The molecular formula is C11H15BrFNO2. The topological polar surface area (TPSA) is 30.5 Å². The highest BCUT2D eigenvalue weighted by atomic mass is 79.9. The summed E-state index contributed by atoms with van der Waals surface area (Å²) >= 11 is 3.24. The molecule has 1 aromatic carbocycles. The molecule has 16 heavy (non-hydrogen) atoms. The highest BCUT2D eigenvalue weighted by molar-refractivity contribution is 9.10. The first-order chi connectivity index (χ1) is 7.74. The Morgan fingerprint density at radius 2 is 2.06 bits per heavy atom. The first-order valence-electron chi connectivity index (χ1n) is 5.01. The average molecular weight is 292 g/mol. The fraction of sp³-hybridized carbons (Fsp3) is 0.455. The first-order valence-corrected chi connectivity index (χ1v) is 5.81. The predicted octanol–water partition coefficient (Wildman–Crippen LogP) is 2.20. The van der Waals surface area contributed by atoms with Crippen LogP contribution in [0.4, 0.5) is 4.39 Å². The molecule has 90 valence electrons. The fourth-order valence-corrected chi connectivity index (χ4v) is 1.59. The van der Waals surface area contributed by atoms with Crippen molar-refractivity contribution >= 4 is 15.9 Å². The fourth-order valence-electron chi connectivity index (χ4n) is 1.12. The van der Waals surface area contributed by atoms with Crippen molar-refractivity contribution in [1.82, 2.24) is 5.32 Å². The molecule has 1 rings (SSSR count). The van der Waals surface area contributed by atoms with Crippen molar-refractivity contribution in [2.75, 3.05) is 33.4 Å². The van der Waals surface area contributed by atoms with Gasteiger partial charge in [-0.05, 0) is 34.1 Å². The van der Waals surface area contributed by atoms with Gasteiger partial charge in [0.1, 0.15) is 18.2 Å². The Morgan fingerprint density at radius 1 is 1.31 bits per heavy atom. The van der Waals surface area contributed by atoms with E-state index in [9.17, 15) is 4.39 Å². The summed E-state index contributed by atoms with van der Waals surface area (Å²) in [6, 6.07) is 4.36. The second-order valence-electron chi connectivity index (χ2n) is 3.17. The maximum Gasteiger partial charge on any atom is 0.133 e. The van der Waals surface area contributed by atoms with Gasteiger partial charge in [0.2, 0.25) is 0 Å². The molecule has 0 saturated carbocycles. The summed E-state index contributed by atoms with van der Waals surface area (Å²) in [7, 11) is 1.66. The van der Waals surface area contributed by atoms with Gasteiger partial charge in [-0.25, -0.2) is 4.39 Å². The number of nitrogens with one attached hydrogen (secondary N) is 1. The second-order valence-corrected chi connectivity index (χ2v) is 4.02. The minimum atomic E-state index is -0.280. The Kier molecular flexibility index (Phi) is 6.37. The Hall–Kier alpha value is -0.650. The summed E-state index contributed by atoms with van der Waals surface area (Å²) in [5.41, 5.74) is 0. The molecule has 0 aliphatic carbocycles. The van der Waals surface area contributed by atoms with Crippen LogP contribution in [0, 0.1) is 5.82 Å². The van der Waals surface area contributed by atoms with E-state index in [2.05, 4.69) is 21.2 Å². The van der Waals surface area contributed by atoms with E-state index in [1.165, 1.54) is 12.1 Å². The van der Waals surface area contributed by atoms with E-state index in [0.717, 1.165) is 13.1 Å². The van der Waals surface area contributed by atoms with Crippen molar-refractivity contribution in [3.05, 3.63) is 28.5 Å². The predicted molar refractivity (Wildman–Crippen MR) is 64.3 cm³/mol. The summed E-state index contributed by atoms with van der Waals surface area (Å²) < 4.78 is 23.7. The molecule has 0 aliphatic rings. The van der Waals surface area contributed by atoms with Gasteiger partial charge in [0.25, 0.3) is 0 Å². The van der Waals surface area contributed by atoms with Crippen LogP contribution < -0.4 is 10.1 Å². The third kappa shape index (κ3) is 4.92. The highest BCUT2D eigenvalue weighted by Gasteiger charge is 2.01. The number of hydrogen-bond donors (Lipinski definition) is 1. The SMILES string of the molecule is COCCNCCOc1ccc(F)cc1Br. The molecule has 3 nitrogen and oxygen atoms in total. The minimum absolute atomic E-state index is 0.280. The van der Waals surface area contributed by atoms with Crippen LogP contribution in [0.1, 0.15) is 0 Å². The van der Waals surface area contributed by atoms with Gasteiger partial charge in [0.05, 0.1) is 11.1 Å². The average Bonchev–Trinajstić information content (AvgIpc) is 2.26. The molecule has 1 N–H and O–H groups in total. The molecule has 1 aromatic rings. The summed E-state index contributed by atoms with van der Waals surface area (Å²) in [6.07, 6.45) is 0. The van der Waals surface area contributed by atoms with E-state index in [-0.39, 0.29) is 5.82 Å². The minimum Gasteiger partial charge on any atom is -0.491 e. The lowest BCUT2D eigenvalue weighted by Crippen LogP contribution is -2.24. The number of methoxy groups -OCH3 is 1. The highest BCUT2D eigenvalue weighted by Crippen LogP contribution is 2.25. The first kappa shape index (κ1) is 13.4. The van der Waals surface area contributed by atoms with Gasteiger partial charge in [0.15, 0.2) is 0 Å². The third-order valence-corrected chi connectivity index (χ3v) is 2.53. The molecule has 0 saturated heterocycles. The van der Waals surface area contributed by atoms with Crippen molar-refractivity contribution in [2.24, 2.45) is 0 Å². The quantitative estimate of drug-likeness (QED) is 0.782. The van der Waals surface area contributed by atoms with Gasteiger partial charge >= 0.3 is 0 Å². The van der Waals surface area contributed by atoms with E-state index in [1.807, 2.05) is 0 Å². The third-order valence-electron chi connectivity index (χ3n) is 1.91. The van der Waals surface area contributed by atoms with Crippen LogP contribution in [-0.2, 0) is 4.74 Å². The van der Waals surface area contributed by atoms with Crippen LogP contribution in [0.25, 0.3) is 0 Å². The zero-order valence-electron chi connectivity index (χ0n) is 9.13. The van der Waals surface area contributed by atoms with Gasteiger partial charge in [-0.3, -0.25) is 0 Å². The second kappa shape index (κ2) is 7.60. The molecule has 0 bridgehead atoms. The van der Waals surface area contributed by atoms with Gasteiger partial charge in [0, 0.05) is 20.2 Å². The van der Waals surface area contributed by atoms with E-state index >= 15 is 0 Å². The lowest BCUT2D eigenvalue weighted by atomic mass is 10.3. The number of halogens is 2. The smallest absolute Gasteiger partial charge is 0.133 e. The summed E-state index contributed by atoms with van der Waals surface area (Å²) in [5.74, 6) is 0.368. The van der Waals surface area contributed by atoms with Crippen molar-refractivity contribution in [1.29, 1.82) is 0 Å². The lowest BCUT2D eigenvalue weighted by Gasteiger charge is -2.08. The molecule has 0 aromatic heterocycles. The molecule has 0 atom stereocenters. The largest absolute Gasteiger partial charge is 0.491 e. The van der Waals surface area contributed by atoms with Crippen molar-refractivity contribution in [2.45, 2.75) is 0 Å². The standard InChI is InChI=1S/C11H15BrFNO2/c1-15-6-4-14-5-7-16-11-3-2-9(13)8-10(11)12/h2-3,8,14H,4-7H2,1H3. The van der Waals surface area contributed by atoms with Crippen LogP contribution in [0.15, 0.2) is 22.7 Å². The normalized spacial score (nSPS) is 10.4. The Labute approximate surface area is 103 Å². The van der Waals surface area contributed by atoms with Crippen LogP contribution in [-0.4, -0.2) is 33.4 Å². The molecule has 0 spiro atoms. The number of ether oxygens (including phenoxy) is 2. The molecule has 0 amide bonds. The molecule has 0 aliphatic heterocycles. The van der Waals surface area contributed by atoms with Crippen molar-refractivity contribution in [3.63, 3.8) is 0 Å². The van der Waals surface area contributed by atoms with Gasteiger partial charge < -0.3 is 14.8 Å². The molecule has 0 unspecified atom stereocenters. The lowest BCUT2D eigenvalue weighted by molar-refractivity contribution is 0.196. The van der Waals surface area contributed by atoms with Crippen molar-refractivity contribution in [3.8, 4) is 5.75 Å². The molecule has 0 radical (unpaired) electrons. The number of benzene rings is 1. The summed E-state index contributed by atoms with van der Waals surface area (Å²) in [5, 5.41) is 3.15. The Bertz CT molecular complexity index is 323. The molecule has 0 heterocycles. The zero-order chi connectivity index (χ0) is 11.8. The van der Waals surface area contributed by atoms with E-state index in [0.29, 0.717) is 23.4 Å². The summed E-state index contributed by atoms with van der Waals surface area (Å²) in [4.78, 5) is 0. The van der Waals surface area contributed by atoms with Crippen LogP contribution in [0.3, 0.4) is 0 Å². The van der Waals surface area contributed by atoms with Gasteiger partial charge in [-0.2, -0.15) is 0 Å². The molecular weight excluding hydrogens is 277 g/mol. The van der Waals surface area contributed by atoms with Gasteiger partial charge in [-0.1, -0.05) is 0 Å². The van der Waals surface area contributed by atoms with Crippen LogP contribution in [0.2, 0.25) is 0 Å². The van der Waals surface area contributed by atoms with E-state index in [4.69, 9.17) is 9.47 Å². The van der Waals surface area contributed by atoms with Crippen molar-refractivity contribution < 1.29 is 13.9 Å². The van der Waals surface area contributed by atoms with Gasteiger partial charge in [-0.15, -0.1) is 0 Å². The zero-order valence-corrected chi connectivity index (χ0v) is 10.7. The molecule has 5 heteroatoms. The maximum absolute atomic E-state index is 12.8. The summed E-state index contributed by atoms with van der Waals surface area (Å²) in [6.45, 7) is 2.74. The van der Waals surface area contributed by atoms with E-state index < -0.39 is 0 Å². The number of hydrogen-bond acceptors (Lipinski definition) is 3. The Morgan fingerprint density at radius 3 is 2.75 bits per heavy atom. The van der Waals surface area contributed by atoms with E-state index in [1.54, 1.807) is 13.2 Å².